The molecule has 2 aromatic carbocycles. The molecule has 1 amide bonds. The molecule has 1 aromatic heterocycles. The lowest BCUT2D eigenvalue weighted by atomic mass is 10.1. The zero-order valence-electron chi connectivity index (χ0n) is 15.6. The van der Waals surface area contributed by atoms with Crippen molar-refractivity contribution < 1.29 is 14.3 Å². The summed E-state index contributed by atoms with van der Waals surface area (Å²) in [6.45, 7) is 2.35. The Hall–Kier alpha value is -3.19. The summed E-state index contributed by atoms with van der Waals surface area (Å²) in [6.07, 6.45) is 0. The molecule has 1 aliphatic rings. The lowest BCUT2D eigenvalue weighted by molar-refractivity contribution is -0.137. The summed E-state index contributed by atoms with van der Waals surface area (Å²) < 4.78 is 12.2. The summed E-state index contributed by atoms with van der Waals surface area (Å²) in [5.41, 5.74) is 1.48. The first-order valence-corrected chi connectivity index (χ1v) is 9.18. The number of benzene rings is 2. The van der Waals surface area contributed by atoms with Gasteiger partial charge in [-0.25, -0.2) is 4.68 Å². The normalized spacial score (nSPS) is 14.2. The molecule has 0 spiro atoms. The molecule has 7 heteroatoms. The maximum absolute atomic E-state index is 12.3. The molecular weight excluding hydrogens is 358 g/mol. The van der Waals surface area contributed by atoms with E-state index in [0.717, 1.165) is 16.6 Å². The summed E-state index contributed by atoms with van der Waals surface area (Å²) in [7, 11) is 1.65. The Morgan fingerprint density at radius 2 is 1.75 bits per heavy atom. The van der Waals surface area contributed by atoms with E-state index < -0.39 is 0 Å². The average molecular weight is 379 g/mol. The summed E-state index contributed by atoms with van der Waals surface area (Å²) in [4.78, 5) is 26.2. The molecule has 0 N–H and O–H groups in total. The standard InChI is InChI=1S/C21H21N3O4/c1-23-21(26)18-5-3-2-4-17(18)20(22-23)15-6-8-16(9-7-15)28-14-19(25)24-10-12-27-13-11-24/h2-9H,10-14H2,1H3. The SMILES string of the molecule is Cn1nc(-c2ccc(OCC(=O)N3CCOCC3)cc2)c2ccccc2c1=O. The lowest BCUT2D eigenvalue weighted by Crippen LogP contribution is -2.42. The van der Waals surface area contributed by atoms with E-state index in [1.54, 1.807) is 18.0 Å². The van der Waals surface area contributed by atoms with Crippen LogP contribution >= 0.6 is 0 Å². The van der Waals surface area contributed by atoms with Gasteiger partial charge in [-0.05, 0) is 30.3 Å². The number of hydrogen-bond donors (Lipinski definition) is 0. The van der Waals surface area contributed by atoms with E-state index in [0.29, 0.717) is 37.4 Å². The number of aryl methyl sites for hydroxylation is 1. The number of ether oxygens (including phenoxy) is 2. The molecular formula is C21H21N3O4. The van der Waals surface area contributed by atoms with Gasteiger partial charge >= 0.3 is 0 Å². The fourth-order valence-corrected chi connectivity index (χ4v) is 3.27. The van der Waals surface area contributed by atoms with Crippen molar-refractivity contribution in [3.8, 4) is 17.0 Å². The molecule has 2 heterocycles. The molecule has 144 valence electrons. The van der Waals surface area contributed by atoms with Crippen molar-refractivity contribution in [2.45, 2.75) is 0 Å². The number of rotatable bonds is 4. The fourth-order valence-electron chi connectivity index (χ4n) is 3.27. The average Bonchev–Trinajstić information content (AvgIpc) is 2.75. The van der Waals surface area contributed by atoms with Gasteiger partial charge in [-0.1, -0.05) is 18.2 Å². The highest BCUT2D eigenvalue weighted by Crippen LogP contribution is 2.26. The summed E-state index contributed by atoms with van der Waals surface area (Å²) in [5.74, 6) is 0.567. The number of carbonyl (C=O) groups is 1. The van der Waals surface area contributed by atoms with E-state index in [1.165, 1.54) is 4.68 Å². The first-order valence-electron chi connectivity index (χ1n) is 9.18. The number of hydrogen-bond acceptors (Lipinski definition) is 5. The molecule has 0 unspecified atom stereocenters. The summed E-state index contributed by atoms with van der Waals surface area (Å²) in [5, 5.41) is 5.87. The number of carbonyl (C=O) groups excluding carboxylic acids is 1. The second kappa shape index (κ2) is 7.82. The van der Waals surface area contributed by atoms with Gasteiger partial charge < -0.3 is 14.4 Å². The van der Waals surface area contributed by atoms with Crippen molar-refractivity contribution in [1.29, 1.82) is 0 Å². The van der Waals surface area contributed by atoms with Crippen LogP contribution in [0.2, 0.25) is 0 Å². The Labute approximate surface area is 162 Å². The van der Waals surface area contributed by atoms with Gasteiger partial charge in [0.05, 0.1) is 24.3 Å². The molecule has 1 fully saturated rings. The molecule has 1 saturated heterocycles. The van der Waals surface area contributed by atoms with Crippen molar-refractivity contribution in [1.82, 2.24) is 14.7 Å². The Bertz CT molecular complexity index is 1050. The van der Waals surface area contributed by atoms with E-state index in [4.69, 9.17) is 9.47 Å². The maximum Gasteiger partial charge on any atom is 0.274 e. The van der Waals surface area contributed by atoms with Crippen LogP contribution in [-0.4, -0.2) is 53.5 Å². The van der Waals surface area contributed by atoms with Crippen LogP contribution in [0.1, 0.15) is 0 Å². The Morgan fingerprint density at radius 3 is 2.46 bits per heavy atom. The van der Waals surface area contributed by atoms with Crippen LogP contribution < -0.4 is 10.3 Å². The number of fused-ring (bicyclic) bond motifs is 1. The van der Waals surface area contributed by atoms with Crippen LogP contribution in [0.15, 0.2) is 53.3 Å². The smallest absolute Gasteiger partial charge is 0.274 e. The topological polar surface area (TPSA) is 73.7 Å². The van der Waals surface area contributed by atoms with Crippen molar-refractivity contribution in [2.75, 3.05) is 32.9 Å². The van der Waals surface area contributed by atoms with Crippen molar-refractivity contribution in [3.63, 3.8) is 0 Å². The van der Waals surface area contributed by atoms with Crippen molar-refractivity contribution in [2.24, 2.45) is 7.05 Å². The number of aromatic nitrogens is 2. The van der Waals surface area contributed by atoms with Crippen LogP contribution in [-0.2, 0) is 16.6 Å². The van der Waals surface area contributed by atoms with Crippen LogP contribution in [0.25, 0.3) is 22.0 Å². The maximum atomic E-state index is 12.3. The van der Waals surface area contributed by atoms with Gasteiger partial charge in [-0.3, -0.25) is 9.59 Å². The quantitative estimate of drug-likeness (QED) is 0.692. The van der Waals surface area contributed by atoms with Crippen LogP contribution in [0.5, 0.6) is 5.75 Å². The van der Waals surface area contributed by atoms with E-state index in [9.17, 15) is 9.59 Å². The molecule has 0 atom stereocenters. The fraction of sp³-hybridized carbons (Fsp3) is 0.286. The van der Waals surface area contributed by atoms with Crippen LogP contribution in [0, 0.1) is 0 Å². The van der Waals surface area contributed by atoms with E-state index in [1.807, 2.05) is 42.5 Å². The second-order valence-corrected chi connectivity index (χ2v) is 6.63. The van der Waals surface area contributed by atoms with Gasteiger partial charge in [0.15, 0.2) is 6.61 Å². The minimum absolute atomic E-state index is 0.000363. The van der Waals surface area contributed by atoms with Crippen LogP contribution in [0.3, 0.4) is 0 Å². The Balaban J connectivity index is 1.52. The zero-order valence-corrected chi connectivity index (χ0v) is 15.6. The highest BCUT2D eigenvalue weighted by Gasteiger charge is 2.17. The molecule has 1 aliphatic heterocycles. The lowest BCUT2D eigenvalue weighted by Gasteiger charge is -2.26. The van der Waals surface area contributed by atoms with Gasteiger partial charge in [-0.15, -0.1) is 0 Å². The molecule has 4 rings (SSSR count). The Kier molecular flexibility index (Phi) is 5.08. The summed E-state index contributed by atoms with van der Waals surface area (Å²) >= 11 is 0. The first-order chi connectivity index (χ1) is 13.6. The van der Waals surface area contributed by atoms with Crippen LogP contribution in [0.4, 0.5) is 0 Å². The number of amides is 1. The first kappa shape index (κ1) is 18.2. The van der Waals surface area contributed by atoms with E-state index >= 15 is 0 Å². The molecule has 3 aromatic rings. The summed E-state index contributed by atoms with van der Waals surface area (Å²) in [6, 6.07) is 14.8. The number of morpholine rings is 1. The highest BCUT2D eigenvalue weighted by molar-refractivity contribution is 5.93. The highest BCUT2D eigenvalue weighted by atomic mass is 16.5. The van der Waals surface area contributed by atoms with E-state index in [-0.39, 0.29) is 18.1 Å². The molecule has 0 aliphatic carbocycles. The monoisotopic (exact) mass is 379 g/mol. The van der Waals surface area contributed by atoms with Crippen molar-refractivity contribution in [3.05, 3.63) is 58.9 Å². The van der Waals surface area contributed by atoms with Gasteiger partial charge in [0, 0.05) is 31.1 Å². The largest absolute Gasteiger partial charge is 0.484 e. The Morgan fingerprint density at radius 1 is 1.07 bits per heavy atom. The predicted octanol–water partition coefficient (Wildman–Crippen LogP) is 1.84. The molecule has 28 heavy (non-hydrogen) atoms. The third kappa shape index (κ3) is 3.61. The minimum Gasteiger partial charge on any atom is -0.484 e. The zero-order chi connectivity index (χ0) is 19.5. The molecule has 0 bridgehead atoms. The van der Waals surface area contributed by atoms with Gasteiger partial charge in [0.2, 0.25) is 0 Å². The molecule has 0 saturated carbocycles. The predicted molar refractivity (Wildman–Crippen MR) is 105 cm³/mol. The third-order valence-corrected chi connectivity index (χ3v) is 4.81. The number of nitrogens with zero attached hydrogens (tertiary/aromatic N) is 3. The molecule has 0 radical (unpaired) electrons. The van der Waals surface area contributed by atoms with Gasteiger partial charge in [-0.2, -0.15) is 5.10 Å². The van der Waals surface area contributed by atoms with Crippen molar-refractivity contribution >= 4 is 16.7 Å². The van der Waals surface area contributed by atoms with E-state index in [2.05, 4.69) is 5.10 Å². The second-order valence-electron chi connectivity index (χ2n) is 6.63. The molecule has 7 nitrogen and oxygen atoms in total. The van der Waals surface area contributed by atoms with Gasteiger partial charge in [0.1, 0.15) is 5.75 Å². The minimum atomic E-state index is -0.124. The van der Waals surface area contributed by atoms with Gasteiger partial charge in [0.25, 0.3) is 11.5 Å². The third-order valence-electron chi connectivity index (χ3n) is 4.81.